The van der Waals surface area contributed by atoms with E-state index < -0.39 is 0 Å². The third-order valence-electron chi connectivity index (χ3n) is 2.50. The predicted molar refractivity (Wildman–Crippen MR) is 80.9 cm³/mol. The van der Waals surface area contributed by atoms with Crippen LogP contribution in [-0.4, -0.2) is 27.3 Å². The topological polar surface area (TPSA) is 91.8 Å². The summed E-state index contributed by atoms with van der Waals surface area (Å²) in [5.74, 6) is 1.02. The molecule has 110 valence electrons. The van der Waals surface area contributed by atoms with Gasteiger partial charge >= 0.3 is 6.03 Å². The van der Waals surface area contributed by atoms with Gasteiger partial charge in [0.1, 0.15) is 5.82 Å². The second-order valence-electron chi connectivity index (χ2n) is 4.73. The van der Waals surface area contributed by atoms with E-state index in [4.69, 9.17) is 0 Å². The van der Waals surface area contributed by atoms with Crippen LogP contribution in [0.1, 0.15) is 19.5 Å². The maximum Gasteiger partial charge on any atom is 0.320 e. The van der Waals surface area contributed by atoms with E-state index in [0.29, 0.717) is 18.2 Å². The summed E-state index contributed by atoms with van der Waals surface area (Å²) in [5.41, 5.74) is 0.915. The Kier molecular flexibility index (Phi) is 5.03. The van der Waals surface area contributed by atoms with E-state index in [-0.39, 0.29) is 12.1 Å². The number of carbonyl (C=O) groups is 1. The largest absolute Gasteiger partial charge is 0.363 e. The number of aromatic nitrogens is 3. The maximum atomic E-state index is 11.5. The van der Waals surface area contributed by atoms with Crippen molar-refractivity contribution in [2.45, 2.75) is 26.4 Å². The Morgan fingerprint density at radius 1 is 1.14 bits per heavy atom. The Balaban J connectivity index is 1.86. The predicted octanol–water partition coefficient (Wildman–Crippen LogP) is 2.01. The van der Waals surface area contributed by atoms with E-state index in [9.17, 15) is 4.79 Å². The van der Waals surface area contributed by atoms with Crippen LogP contribution in [0, 0.1) is 0 Å². The van der Waals surface area contributed by atoms with Crippen LogP contribution >= 0.6 is 0 Å². The van der Waals surface area contributed by atoms with Gasteiger partial charge in [-0.15, -0.1) is 10.2 Å². The highest BCUT2D eigenvalue weighted by molar-refractivity contribution is 5.88. The molecule has 3 N–H and O–H groups in total. The summed E-state index contributed by atoms with van der Waals surface area (Å²) >= 11 is 0. The highest BCUT2D eigenvalue weighted by Gasteiger charge is 2.04. The molecule has 0 fully saturated rings. The van der Waals surface area contributed by atoms with E-state index in [1.54, 1.807) is 18.3 Å². The zero-order valence-electron chi connectivity index (χ0n) is 12.0. The van der Waals surface area contributed by atoms with Gasteiger partial charge in [-0.05, 0) is 38.1 Å². The van der Waals surface area contributed by atoms with Crippen molar-refractivity contribution in [1.82, 2.24) is 20.5 Å². The highest BCUT2D eigenvalue weighted by atomic mass is 16.2. The minimum absolute atomic E-state index is 0.0669. The average molecular weight is 286 g/mol. The minimum Gasteiger partial charge on any atom is -0.363 e. The fourth-order valence-corrected chi connectivity index (χ4v) is 1.59. The molecule has 0 saturated heterocycles. The Morgan fingerprint density at radius 3 is 2.52 bits per heavy atom. The summed E-state index contributed by atoms with van der Waals surface area (Å²) < 4.78 is 0. The molecule has 7 nitrogen and oxygen atoms in total. The number of urea groups is 1. The lowest BCUT2D eigenvalue weighted by Gasteiger charge is -2.09. The van der Waals surface area contributed by atoms with Gasteiger partial charge in [-0.25, -0.2) is 4.79 Å². The van der Waals surface area contributed by atoms with Crippen molar-refractivity contribution in [3.8, 4) is 0 Å². The molecule has 0 saturated carbocycles. The van der Waals surface area contributed by atoms with Crippen LogP contribution in [0.4, 0.5) is 16.4 Å². The third kappa shape index (κ3) is 5.06. The lowest BCUT2D eigenvalue weighted by Crippen LogP contribution is -2.34. The molecule has 7 heteroatoms. The van der Waals surface area contributed by atoms with Crippen LogP contribution in [0.25, 0.3) is 0 Å². The van der Waals surface area contributed by atoms with Crippen molar-refractivity contribution in [1.29, 1.82) is 0 Å². The number of hydrogen-bond acceptors (Lipinski definition) is 5. The van der Waals surface area contributed by atoms with Gasteiger partial charge in [-0.3, -0.25) is 10.3 Å². The molecule has 2 aromatic heterocycles. The summed E-state index contributed by atoms with van der Waals surface area (Å²) in [4.78, 5) is 15.7. The number of amides is 2. The molecule has 0 bridgehead atoms. The van der Waals surface area contributed by atoms with E-state index in [2.05, 4.69) is 31.1 Å². The van der Waals surface area contributed by atoms with Gasteiger partial charge in [0.15, 0.2) is 5.82 Å². The number of rotatable bonds is 5. The van der Waals surface area contributed by atoms with Crippen LogP contribution < -0.4 is 16.0 Å². The summed E-state index contributed by atoms with van der Waals surface area (Å²) in [6, 6.07) is 8.93. The van der Waals surface area contributed by atoms with Crippen LogP contribution in [-0.2, 0) is 6.54 Å². The monoisotopic (exact) mass is 286 g/mol. The SMILES string of the molecule is CC(C)NC(=O)Nc1ccc(NCc2ccccn2)nn1. The number of anilines is 2. The quantitative estimate of drug-likeness (QED) is 0.782. The molecule has 0 aliphatic rings. The van der Waals surface area contributed by atoms with Crippen molar-refractivity contribution in [3.63, 3.8) is 0 Å². The fourth-order valence-electron chi connectivity index (χ4n) is 1.59. The Bertz CT molecular complexity index is 570. The molecule has 2 amide bonds. The number of pyridine rings is 1. The first-order valence-electron chi connectivity index (χ1n) is 6.68. The van der Waals surface area contributed by atoms with Crippen molar-refractivity contribution < 1.29 is 4.79 Å². The van der Waals surface area contributed by atoms with Crippen molar-refractivity contribution in [3.05, 3.63) is 42.2 Å². The van der Waals surface area contributed by atoms with E-state index >= 15 is 0 Å². The molecule has 2 heterocycles. The Morgan fingerprint density at radius 2 is 1.90 bits per heavy atom. The lowest BCUT2D eigenvalue weighted by molar-refractivity contribution is 0.250. The second kappa shape index (κ2) is 7.18. The number of nitrogens with one attached hydrogen (secondary N) is 3. The number of nitrogens with zero attached hydrogens (tertiary/aromatic N) is 3. The molecular weight excluding hydrogens is 268 g/mol. The molecule has 0 aromatic carbocycles. The first-order valence-corrected chi connectivity index (χ1v) is 6.68. The molecular formula is C14H18N6O. The molecule has 0 atom stereocenters. The van der Waals surface area contributed by atoms with Gasteiger partial charge in [0.05, 0.1) is 12.2 Å². The van der Waals surface area contributed by atoms with E-state index in [1.807, 2.05) is 32.0 Å². The van der Waals surface area contributed by atoms with Crippen molar-refractivity contribution in [2.24, 2.45) is 0 Å². The summed E-state index contributed by atoms with van der Waals surface area (Å²) in [6.45, 7) is 4.34. The molecule has 0 unspecified atom stereocenters. The van der Waals surface area contributed by atoms with Crippen LogP contribution in [0.5, 0.6) is 0 Å². The zero-order valence-corrected chi connectivity index (χ0v) is 12.0. The van der Waals surface area contributed by atoms with Gasteiger partial charge in [0.25, 0.3) is 0 Å². The summed E-state index contributed by atoms with van der Waals surface area (Å²) in [7, 11) is 0. The Hall–Kier alpha value is -2.70. The Labute approximate surface area is 123 Å². The van der Waals surface area contributed by atoms with Gasteiger partial charge in [-0.1, -0.05) is 6.07 Å². The highest BCUT2D eigenvalue weighted by Crippen LogP contribution is 2.07. The smallest absolute Gasteiger partial charge is 0.320 e. The standard InChI is InChI=1S/C14H18N6O/c1-10(2)17-14(21)18-13-7-6-12(19-20-13)16-9-11-5-3-4-8-15-11/h3-8,10H,9H2,1-2H3,(H,16,19)(H2,17,18,20,21). The van der Waals surface area contributed by atoms with Crippen molar-refractivity contribution in [2.75, 3.05) is 10.6 Å². The van der Waals surface area contributed by atoms with E-state index in [0.717, 1.165) is 5.69 Å². The van der Waals surface area contributed by atoms with Gasteiger partial charge in [0, 0.05) is 12.2 Å². The van der Waals surface area contributed by atoms with Gasteiger partial charge in [0.2, 0.25) is 0 Å². The molecule has 0 spiro atoms. The second-order valence-corrected chi connectivity index (χ2v) is 4.73. The van der Waals surface area contributed by atoms with Crippen LogP contribution in [0.3, 0.4) is 0 Å². The minimum atomic E-state index is -0.298. The molecule has 0 aliphatic heterocycles. The normalized spacial score (nSPS) is 10.2. The zero-order chi connectivity index (χ0) is 15.1. The molecule has 2 rings (SSSR count). The maximum absolute atomic E-state index is 11.5. The van der Waals surface area contributed by atoms with Gasteiger partial charge < -0.3 is 10.6 Å². The third-order valence-corrected chi connectivity index (χ3v) is 2.50. The number of hydrogen-bond donors (Lipinski definition) is 3. The van der Waals surface area contributed by atoms with Gasteiger partial charge in [-0.2, -0.15) is 0 Å². The van der Waals surface area contributed by atoms with Crippen LogP contribution in [0.15, 0.2) is 36.5 Å². The molecule has 21 heavy (non-hydrogen) atoms. The fraction of sp³-hybridized carbons (Fsp3) is 0.286. The molecule has 0 aliphatic carbocycles. The lowest BCUT2D eigenvalue weighted by atomic mass is 10.3. The van der Waals surface area contributed by atoms with E-state index in [1.165, 1.54) is 0 Å². The number of carbonyl (C=O) groups excluding carboxylic acids is 1. The summed E-state index contributed by atoms with van der Waals surface area (Å²) in [5, 5.41) is 16.4. The first kappa shape index (κ1) is 14.7. The summed E-state index contributed by atoms with van der Waals surface area (Å²) in [6.07, 6.45) is 1.74. The first-order chi connectivity index (χ1) is 10.1. The molecule has 0 radical (unpaired) electrons. The average Bonchev–Trinajstić information content (AvgIpc) is 2.47. The van der Waals surface area contributed by atoms with Crippen molar-refractivity contribution >= 4 is 17.7 Å². The van der Waals surface area contributed by atoms with Crippen LogP contribution in [0.2, 0.25) is 0 Å². The molecule has 2 aromatic rings.